The molecule has 0 aliphatic rings. The highest BCUT2D eigenvalue weighted by atomic mass is 16.4. The molecule has 2 aromatic rings. The van der Waals surface area contributed by atoms with Gasteiger partial charge in [-0.25, -0.2) is 9.59 Å². The van der Waals surface area contributed by atoms with Crippen LogP contribution in [0.1, 0.15) is 35.2 Å². The first-order valence-corrected chi connectivity index (χ1v) is 6.61. The number of aromatic nitrogens is 2. The van der Waals surface area contributed by atoms with Gasteiger partial charge in [0.05, 0.1) is 0 Å². The maximum absolute atomic E-state index is 11.7. The number of hydrogen-bond donors (Lipinski definition) is 2. The van der Waals surface area contributed by atoms with Gasteiger partial charge < -0.3 is 5.11 Å². The minimum absolute atomic E-state index is 0.221. The molecule has 6 nitrogen and oxygen atoms in total. The lowest BCUT2D eigenvalue weighted by atomic mass is 9.98. The van der Waals surface area contributed by atoms with Gasteiger partial charge in [-0.05, 0) is 17.9 Å². The maximum Gasteiger partial charge on any atom is 0.342 e. The van der Waals surface area contributed by atoms with E-state index in [2.05, 4.69) is 0 Å². The van der Waals surface area contributed by atoms with E-state index in [9.17, 15) is 14.4 Å². The van der Waals surface area contributed by atoms with Crippen molar-refractivity contribution in [3.63, 3.8) is 0 Å². The summed E-state index contributed by atoms with van der Waals surface area (Å²) >= 11 is 0. The fourth-order valence-electron chi connectivity index (χ4n) is 2.11. The summed E-state index contributed by atoms with van der Waals surface area (Å²) in [4.78, 5) is 36.0. The molecule has 6 heteroatoms. The molecule has 0 bridgehead atoms. The van der Waals surface area contributed by atoms with Crippen LogP contribution < -0.4 is 11.2 Å². The zero-order valence-corrected chi connectivity index (χ0v) is 11.6. The Labute approximate surface area is 120 Å². The van der Waals surface area contributed by atoms with E-state index < -0.39 is 22.8 Å². The van der Waals surface area contributed by atoms with Crippen LogP contribution in [0.5, 0.6) is 0 Å². The number of rotatable bonds is 5. The highest BCUT2D eigenvalue weighted by Crippen LogP contribution is 2.18. The first-order valence-electron chi connectivity index (χ1n) is 6.61. The largest absolute Gasteiger partial charge is 0.477 e. The summed E-state index contributed by atoms with van der Waals surface area (Å²) in [7, 11) is 0. The van der Waals surface area contributed by atoms with Gasteiger partial charge in [0.1, 0.15) is 5.56 Å². The summed E-state index contributed by atoms with van der Waals surface area (Å²) in [6, 6.07) is 9.83. The number of aryl methyl sites for hydroxylation is 1. The van der Waals surface area contributed by atoms with Crippen molar-refractivity contribution >= 4 is 5.97 Å². The molecule has 0 fully saturated rings. The van der Waals surface area contributed by atoms with E-state index in [1.165, 1.54) is 4.57 Å². The predicted octanol–water partition coefficient (Wildman–Crippen LogP) is 1.43. The maximum atomic E-state index is 11.7. The number of nitrogens with one attached hydrogen (secondary N) is 1. The van der Waals surface area contributed by atoms with Crippen LogP contribution in [0.3, 0.4) is 0 Å². The van der Waals surface area contributed by atoms with E-state index in [1.807, 2.05) is 42.2 Å². The molecular weight excluding hydrogens is 272 g/mol. The third-order valence-corrected chi connectivity index (χ3v) is 3.41. The highest BCUT2D eigenvalue weighted by Gasteiger charge is 2.12. The van der Waals surface area contributed by atoms with Crippen LogP contribution >= 0.6 is 0 Å². The second-order valence-corrected chi connectivity index (χ2v) is 4.90. The molecule has 110 valence electrons. The Hall–Kier alpha value is -2.63. The molecule has 1 aromatic heterocycles. The van der Waals surface area contributed by atoms with E-state index in [0.717, 1.165) is 11.8 Å². The topological polar surface area (TPSA) is 92.2 Å². The molecule has 1 aromatic carbocycles. The number of carboxylic acid groups (broad SMARTS) is 1. The average molecular weight is 288 g/mol. The molecule has 1 heterocycles. The van der Waals surface area contributed by atoms with Crippen LogP contribution in [0.25, 0.3) is 0 Å². The second-order valence-electron chi connectivity index (χ2n) is 4.90. The lowest BCUT2D eigenvalue weighted by Crippen LogP contribution is -2.33. The van der Waals surface area contributed by atoms with Crippen molar-refractivity contribution in [3.05, 3.63) is 68.5 Å². The van der Waals surface area contributed by atoms with Gasteiger partial charge in [-0.2, -0.15) is 0 Å². The summed E-state index contributed by atoms with van der Waals surface area (Å²) < 4.78 is 1.23. The van der Waals surface area contributed by atoms with Crippen molar-refractivity contribution in [2.24, 2.45) is 0 Å². The van der Waals surface area contributed by atoms with Crippen LogP contribution in [0.15, 0.2) is 46.1 Å². The molecule has 2 rings (SSSR count). The molecule has 0 aliphatic carbocycles. The predicted molar refractivity (Wildman–Crippen MR) is 77.8 cm³/mol. The number of carbonyl (C=O) groups is 1. The van der Waals surface area contributed by atoms with Crippen molar-refractivity contribution in [1.82, 2.24) is 9.55 Å². The van der Waals surface area contributed by atoms with E-state index in [0.29, 0.717) is 13.0 Å². The fraction of sp³-hybridized carbons (Fsp3) is 0.267. The second kappa shape index (κ2) is 6.21. The molecule has 2 N–H and O–H groups in total. The number of hydrogen-bond acceptors (Lipinski definition) is 3. The minimum Gasteiger partial charge on any atom is -0.477 e. The standard InChI is InChI=1S/C15H16N2O4/c1-10(11-5-3-2-4-6-11)7-8-17-9-12(14(19)20)13(18)16-15(17)21/h2-6,9-10H,7-8H2,1H3,(H,19,20)(H,16,18,21). The molecule has 21 heavy (non-hydrogen) atoms. The van der Waals surface area contributed by atoms with Crippen molar-refractivity contribution < 1.29 is 9.90 Å². The first-order chi connectivity index (χ1) is 9.99. The van der Waals surface area contributed by atoms with Gasteiger partial charge in [0.2, 0.25) is 0 Å². The Morgan fingerprint density at radius 2 is 1.95 bits per heavy atom. The molecule has 0 radical (unpaired) electrons. The molecule has 0 amide bonds. The van der Waals surface area contributed by atoms with Crippen molar-refractivity contribution in [2.45, 2.75) is 25.8 Å². The monoisotopic (exact) mass is 288 g/mol. The molecule has 0 saturated carbocycles. The highest BCUT2D eigenvalue weighted by molar-refractivity contribution is 5.86. The third-order valence-electron chi connectivity index (χ3n) is 3.41. The van der Waals surface area contributed by atoms with Crippen LogP contribution in [0.4, 0.5) is 0 Å². The number of nitrogens with zero attached hydrogens (tertiary/aromatic N) is 1. The molecule has 0 spiro atoms. The number of benzene rings is 1. The summed E-state index contributed by atoms with van der Waals surface area (Å²) in [5.74, 6) is -1.13. The van der Waals surface area contributed by atoms with E-state index >= 15 is 0 Å². The number of aromatic carboxylic acids is 1. The number of carboxylic acids is 1. The summed E-state index contributed by atoms with van der Waals surface area (Å²) in [6.45, 7) is 2.37. The Morgan fingerprint density at radius 3 is 2.57 bits per heavy atom. The Balaban J connectivity index is 2.17. The van der Waals surface area contributed by atoms with Gasteiger partial charge in [0, 0.05) is 12.7 Å². The van der Waals surface area contributed by atoms with Gasteiger partial charge in [0.15, 0.2) is 0 Å². The van der Waals surface area contributed by atoms with Gasteiger partial charge in [0.25, 0.3) is 5.56 Å². The molecule has 0 aliphatic heterocycles. The molecule has 1 unspecified atom stereocenters. The number of H-pyrrole nitrogens is 1. The van der Waals surface area contributed by atoms with E-state index in [-0.39, 0.29) is 5.92 Å². The lowest BCUT2D eigenvalue weighted by molar-refractivity contribution is 0.0693. The van der Waals surface area contributed by atoms with Crippen molar-refractivity contribution in [2.75, 3.05) is 0 Å². The Bertz CT molecular complexity index is 746. The zero-order chi connectivity index (χ0) is 15.4. The van der Waals surface area contributed by atoms with Crippen LogP contribution in [0, 0.1) is 0 Å². The molecule has 1 atom stereocenters. The SMILES string of the molecule is CC(CCn1cc(C(=O)O)c(=O)[nH]c1=O)c1ccccc1. The van der Waals surface area contributed by atoms with Gasteiger partial charge in [-0.1, -0.05) is 37.3 Å². The van der Waals surface area contributed by atoms with Crippen molar-refractivity contribution in [1.29, 1.82) is 0 Å². The Morgan fingerprint density at radius 1 is 1.29 bits per heavy atom. The Kier molecular flexibility index (Phi) is 4.37. The zero-order valence-electron chi connectivity index (χ0n) is 11.6. The summed E-state index contributed by atoms with van der Waals surface area (Å²) in [6.07, 6.45) is 1.76. The smallest absolute Gasteiger partial charge is 0.342 e. The van der Waals surface area contributed by atoms with Gasteiger partial charge >= 0.3 is 11.7 Å². The van der Waals surface area contributed by atoms with E-state index in [1.54, 1.807) is 0 Å². The van der Waals surface area contributed by atoms with E-state index in [4.69, 9.17) is 5.11 Å². The first kappa shape index (κ1) is 14.8. The minimum atomic E-state index is -1.35. The third kappa shape index (κ3) is 3.47. The number of aromatic amines is 1. The van der Waals surface area contributed by atoms with Gasteiger partial charge in [-0.15, -0.1) is 0 Å². The molecular formula is C15H16N2O4. The lowest BCUT2D eigenvalue weighted by Gasteiger charge is -2.13. The van der Waals surface area contributed by atoms with Crippen LogP contribution in [-0.4, -0.2) is 20.6 Å². The molecule has 0 saturated heterocycles. The van der Waals surface area contributed by atoms with Crippen LogP contribution in [0.2, 0.25) is 0 Å². The van der Waals surface area contributed by atoms with Crippen molar-refractivity contribution in [3.8, 4) is 0 Å². The quantitative estimate of drug-likeness (QED) is 0.870. The van der Waals surface area contributed by atoms with Crippen LogP contribution in [-0.2, 0) is 6.54 Å². The fourth-order valence-corrected chi connectivity index (χ4v) is 2.11. The summed E-state index contributed by atoms with van der Waals surface area (Å²) in [5.41, 5.74) is -0.750. The average Bonchev–Trinajstić information content (AvgIpc) is 2.46. The normalized spacial score (nSPS) is 12.0. The summed E-state index contributed by atoms with van der Waals surface area (Å²) in [5, 5.41) is 8.90. The van der Waals surface area contributed by atoms with Gasteiger partial charge in [-0.3, -0.25) is 14.3 Å².